The number of carbonyl (C=O) groups excluding carboxylic acids is 1. The van der Waals surface area contributed by atoms with Crippen LogP contribution in [0.3, 0.4) is 0 Å². The van der Waals surface area contributed by atoms with Gasteiger partial charge in [-0.15, -0.1) is 0 Å². The fraction of sp³-hybridized carbons (Fsp3) is 0.188. The summed E-state index contributed by atoms with van der Waals surface area (Å²) in [5.74, 6) is -0.144. The Kier molecular flexibility index (Phi) is 5.06. The topological polar surface area (TPSA) is 67.2 Å². The van der Waals surface area contributed by atoms with Crippen LogP contribution in [-0.2, 0) is 6.42 Å². The molecule has 0 aliphatic carbocycles. The maximum absolute atomic E-state index is 11.5. The standard InChI is InChI=1S/C16H18ClN3O/c1-19-16(21)12-4-7-15(14(18)10-12)20-9-8-11-2-5-13(17)6-3-11/h2-7,10,20H,8-9,18H2,1H3,(H,19,21). The van der Waals surface area contributed by atoms with Crippen molar-refractivity contribution in [3.05, 3.63) is 58.6 Å². The highest BCUT2D eigenvalue weighted by Crippen LogP contribution is 2.20. The van der Waals surface area contributed by atoms with Gasteiger partial charge >= 0.3 is 0 Å². The van der Waals surface area contributed by atoms with Crippen molar-refractivity contribution in [2.24, 2.45) is 0 Å². The number of anilines is 2. The Bertz CT molecular complexity index is 626. The van der Waals surface area contributed by atoms with E-state index in [0.717, 1.165) is 23.7 Å². The second-order valence-corrected chi connectivity index (χ2v) is 5.12. The number of nitrogens with two attached hydrogens (primary N) is 1. The van der Waals surface area contributed by atoms with Gasteiger partial charge in [0.25, 0.3) is 5.91 Å². The zero-order chi connectivity index (χ0) is 15.2. The number of hydrogen-bond donors (Lipinski definition) is 3. The van der Waals surface area contributed by atoms with E-state index in [1.807, 2.05) is 30.3 Å². The third-order valence-electron chi connectivity index (χ3n) is 3.18. The number of halogens is 1. The summed E-state index contributed by atoms with van der Waals surface area (Å²) in [5, 5.41) is 6.58. The molecule has 0 spiro atoms. The highest BCUT2D eigenvalue weighted by atomic mass is 35.5. The highest BCUT2D eigenvalue weighted by molar-refractivity contribution is 6.30. The number of nitrogen functional groups attached to an aromatic ring is 1. The van der Waals surface area contributed by atoms with Gasteiger partial charge in [-0.25, -0.2) is 0 Å². The molecule has 0 atom stereocenters. The molecule has 4 nitrogen and oxygen atoms in total. The zero-order valence-corrected chi connectivity index (χ0v) is 12.6. The lowest BCUT2D eigenvalue weighted by atomic mass is 10.1. The van der Waals surface area contributed by atoms with Crippen molar-refractivity contribution in [1.82, 2.24) is 5.32 Å². The third-order valence-corrected chi connectivity index (χ3v) is 3.44. The Morgan fingerprint density at radius 3 is 2.52 bits per heavy atom. The van der Waals surface area contributed by atoms with Crippen molar-refractivity contribution in [2.75, 3.05) is 24.6 Å². The molecule has 5 heteroatoms. The summed E-state index contributed by atoms with van der Waals surface area (Å²) in [6, 6.07) is 13.0. The Morgan fingerprint density at radius 2 is 1.90 bits per heavy atom. The summed E-state index contributed by atoms with van der Waals surface area (Å²) in [5.41, 5.74) is 9.10. The van der Waals surface area contributed by atoms with Crippen molar-refractivity contribution in [1.29, 1.82) is 0 Å². The fourth-order valence-corrected chi connectivity index (χ4v) is 2.13. The molecule has 1 amide bonds. The molecule has 110 valence electrons. The predicted octanol–water partition coefficient (Wildman–Crippen LogP) is 2.94. The van der Waals surface area contributed by atoms with Crippen molar-refractivity contribution in [3.8, 4) is 0 Å². The highest BCUT2D eigenvalue weighted by Gasteiger charge is 2.06. The number of hydrogen-bond acceptors (Lipinski definition) is 3. The summed E-state index contributed by atoms with van der Waals surface area (Å²) in [6.07, 6.45) is 0.869. The Morgan fingerprint density at radius 1 is 1.19 bits per heavy atom. The molecule has 0 fully saturated rings. The summed E-state index contributed by atoms with van der Waals surface area (Å²) in [7, 11) is 1.59. The molecular formula is C16H18ClN3O. The monoisotopic (exact) mass is 303 g/mol. The van der Waals surface area contributed by atoms with Gasteiger partial charge in [0.1, 0.15) is 0 Å². The van der Waals surface area contributed by atoms with E-state index in [2.05, 4.69) is 10.6 Å². The van der Waals surface area contributed by atoms with E-state index in [1.54, 1.807) is 19.2 Å². The number of carbonyl (C=O) groups is 1. The maximum atomic E-state index is 11.5. The number of amides is 1. The van der Waals surface area contributed by atoms with Crippen molar-refractivity contribution in [2.45, 2.75) is 6.42 Å². The van der Waals surface area contributed by atoms with Crippen LogP contribution in [-0.4, -0.2) is 19.5 Å². The van der Waals surface area contributed by atoms with E-state index in [-0.39, 0.29) is 5.91 Å². The lowest BCUT2D eigenvalue weighted by Crippen LogP contribution is -2.18. The molecule has 0 saturated heterocycles. The molecule has 0 aliphatic heterocycles. The average Bonchev–Trinajstić information content (AvgIpc) is 2.50. The quantitative estimate of drug-likeness (QED) is 0.744. The van der Waals surface area contributed by atoms with Crippen LogP contribution in [0.4, 0.5) is 11.4 Å². The van der Waals surface area contributed by atoms with Crippen LogP contribution in [0.1, 0.15) is 15.9 Å². The van der Waals surface area contributed by atoms with E-state index >= 15 is 0 Å². The minimum atomic E-state index is -0.144. The van der Waals surface area contributed by atoms with Crippen LogP contribution < -0.4 is 16.4 Å². The lowest BCUT2D eigenvalue weighted by Gasteiger charge is -2.10. The molecule has 21 heavy (non-hydrogen) atoms. The molecule has 0 radical (unpaired) electrons. The summed E-state index contributed by atoms with van der Waals surface area (Å²) >= 11 is 5.85. The Hall–Kier alpha value is -2.20. The first-order valence-corrected chi connectivity index (χ1v) is 7.08. The molecule has 0 unspecified atom stereocenters. The largest absolute Gasteiger partial charge is 0.397 e. The minimum absolute atomic E-state index is 0.144. The van der Waals surface area contributed by atoms with E-state index in [9.17, 15) is 4.79 Å². The average molecular weight is 304 g/mol. The van der Waals surface area contributed by atoms with Gasteiger partial charge < -0.3 is 16.4 Å². The van der Waals surface area contributed by atoms with Gasteiger partial charge in [0.2, 0.25) is 0 Å². The van der Waals surface area contributed by atoms with Crippen molar-refractivity contribution >= 4 is 28.9 Å². The zero-order valence-electron chi connectivity index (χ0n) is 11.8. The predicted molar refractivity (Wildman–Crippen MR) is 87.9 cm³/mol. The molecule has 0 aromatic heterocycles. The second kappa shape index (κ2) is 6.99. The Balaban J connectivity index is 1.94. The molecule has 2 aromatic rings. The first kappa shape index (κ1) is 15.2. The summed E-state index contributed by atoms with van der Waals surface area (Å²) in [6.45, 7) is 0.755. The van der Waals surface area contributed by atoms with Crippen molar-refractivity contribution in [3.63, 3.8) is 0 Å². The van der Waals surface area contributed by atoms with Crippen LogP contribution in [0.5, 0.6) is 0 Å². The molecule has 2 rings (SSSR count). The van der Waals surface area contributed by atoms with Gasteiger partial charge in [0, 0.05) is 24.2 Å². The third kappa shape index (κ3) is 4.13. The van der Waals surface area contributed by atoms with E-state index in [4.69, 9.17) is 17.3 Å². The second-order valence-electron chi connectivity index (χ2n) is 4.68. The van der Waals surface area contributed by atoms with Crippen LogP contribution >= 0.6 is 11.6 Å². The molecule has 2 aromatic carbocycles. The van der Waals surface area contributed by atoms with E-state index in [1.165, 1.54) is 5.56 Å². The summed E-state index contributed by atoms with van der Waals surface area (Å²) in [4.78, 5) is 11.5. The van der Waals surface area contributed by atoms with Crippen molar-refractivity contribution < 1.29 is 4.79 Å². The molecule has 0 bridgehead atoms. The van der Waals surface area contributed by atoms with Gasteiger partial charge in [-0.2, -0.15) is 0 Å². The molecule has 0 saturated carbocycles. The van der Waals surface area contributed by atoms with Gasteiger partial charge in [0.05, 0.1) is 11.4 Å². The lowest BCUT2D eigenvalue weighted by molar-refractivity contribution is 0.0963. The maximum Gasteiger partial charge on any atom is 0.251 e. The molecular weight excluding hydrogens is 286 g/mol. The SMILES string of the molecule is CNC(=O)c1ccc(NCCc2ccc(Cl)cc2)c(N)c1. The van der Waals surface area contributed by atoms with Crippen LogP contribution in [0.2, 0.25) is 5.02 Å². The molecule has 4 N–H and O–H groups in total. The van der Waals surface area contributed by atoms with Crippen LogP contribution in [0.25, 0.3) is 0 Å². The van der Waals surface area contributed by atoms with Gasteiger partial charge in [-0.1, -0.05) is 23.7 Å². The van der Waals surface area contributed by atoms with Gasteiger partial charge in [-0.3, -0.25) is 4.79 Å². The first-order chi connectivity index (χ1) is 10.1. The summed E-state index contributed by atoms with van der Waals surface area (Å²) < 4.78 is 0. The van der Waals surface area contributed by atoms with Gasteiger partial charge in [0.15, 0.2) is 0 Å². The minimum Gasteiger partial charge on any atom is -0.397 e. The molecule has 0 heterocycles. The van der Waals surface area contributed by atoms with E-state index < -0.39 is 0 Å². The number of benzene rings is 2. The van der Waals surface area contributed by atoms with Gasteiger partial charge in [-0.05, 0) is 42.3 Å². The molecule has 0 aliphatic rings. The Labute approximate surface area is 129 Å². The fourth-order valence-electron chi connectivity index (χ4n) is 2.00. The number of nitrogens with one attached hydrogen (secondary N) is 2. The van der Waals surface area contributed by atoms with Crippen LogP contribution in [0.15, 0.2) is 42.5 Å². The first-order valence-electron chi connectivity index (χ1n) is 6.70. The van der Waals surface area contributed by atoms with E-state index in [0.29, 0.717) is 11.3 Å². The normalized spacial score (nSPS) is 10.2. The van der Waals surface area contributed by atoms with Crippen LogP contribution in [0, 0.1) is 0 Å². The number of rotatable bonds is 5. The smallest absolute Gasteiger partial charge is 0.251 e.